The van der Waals surface area contributed by atoms with Crippen molar-refractivity contribution in [2.24, 2.45) is 0 Å². The third-order valence-corrected chi connectivity index (χ3v) is 3.92. The molecule has 0 aliphatic heterocycles. The van der Waals surface area contributed by atoms with Crippen molar-refractivity contribution in [3.63, 3.8) is 0 Å². The lowest BCUT2D eigenvalue weighted by Gasteiger charge is -2.12. The van der Waals surface area contributed by atoms with Gasteiger partial charge in [-0.3, -0.25) is 4.79 Å². The van der Waals surface area contributed by atoms with Crippen molar-refractivity contribution in [3.05, 3.63) is 68.6 Å². The molecule has 1 atom stereocenters. The van der Waals surface area contributed by atoms with Crippen LogP contribution >= 0.6 is 31.9 Å². The second kappa shape index (κ2) is 7.00. The Morgan fingerprint density at radius 1 is 0.857 bits per heavy atom. The van der Waals surface area contributed by atoms with Gasteiger partial charge in [0, 0.05) is 14.5 Å². The minimum Gasteiger partial charge on any atom is -0.451 e. The fourth-order valence-corrected chi connectivity index (χ4v) is 2.25. The van der Waals surface area contributed by atoms with E-state index in [1.54, 1.807) is 55.5 Å². The molecule has 0 saturated heterocycles. The molecule has 2 aromatic rings. The minimum absolute atomic E-state index is 0.229. The Labute approximate surface area is 139 Å². The molecule has 0 N–H and O–H groups in total. The standard InChI is InChI=1S/C16H12Br2O3/c1-10(15(19)11-2-6-13(17)7-3-11)21-16(20)12-4-8-14(18)9-5-12/h2-10H,1H3/t10-/m0/s1. The molecule has 0 bridgehead atoms. The first-order valence-corrected chi connectivity index (χ1v) is 7.82. The van der Waals surface area contributed by atoms with Gasteiger partial charge in [0.15, 0.2) is 6.10 Å². The Balaban J connectivity index is 2.05. The number of carbonyl (C=O) groups is 2. The van der Waals surface area contributed by atoms with E-state index in [2.05, 4.69) is 31.9 Å². The smallest absolute Gasteiger partial charge is 0.338 e. The van der Waals surface area contributed by atoms with Gasteiger partial charge in [0.1, 0.15) is 0 Å². The van der Waals surface area contributed by atoms with E-state index in [9.17, 15) is 9.59 Å². The average Bonchev–Trinajstić information content (AvgIpc) is 2.47. The summed E-state index contributed by atoms with van der Waals surface area (Å²) in [6.45, 7) is 1.57. The van der Waals surface area contributed by atoms with Crippen molar-refractivity contribution < 1.29 is 14.3 Å². The van der Waals surface area contributed by atoms with Crippen molar-refractivity contribution in [1.82, 2.24) is 0 Å². The number of carbonyl (C=O) groups excluding carboxylic acids is 2. The molecule has 0 aromatic heterocycles. The lowest BCUT2D eigenvalue weighted by Crippen LogP contribution is -2.24. The minimum atomic E-state index is -0.831. The number of rotatable bonds is 4. The first-order chi connectivity index (χ1) is 9.97. The topological polar surface area (TPSA) is 43.4 Å². The SMILES string of the molecule is C[C@H](OC(=O)c1ccc(Br)cc1)C(=O)c1ccc(Br)cc1. The van der Waals surface area contributed by atoms with Crippen LogP contribution in [0.5, 0.6) is 0 Å². The van der Waals surface area contributed by atoms with E-state index in [0.717, 1.165) is 8.95 Å². The zero-order valence-electron chi connectivity index (χ0n) is 11.2. The van der Waals surface area contributed by atoms with Gasteiger partial charge in [-0.15, -0.1) is 0 Å². The number of hydrogen-bond donors (Lipinski definition) is 0. The number of hydrogen-bond acceptors (Lipinski definition) is 3. The summed E-state index contributed by atoms with van der Waals surface area (Å²) in [5.74, 6) is -0.742. The first kappa shape index (κ1) is 15.9. The summed E-state index contributed by atoms with van der Waals surface area (Å²) in [6, 6.07) is 13.7. The molecule has 0 heterocycles. The number of esters is 1. The molecule has 0 fully saturated rings. The molecule has 108 valence electrons. The molecule has 0 aliphatic carbocycles. The van der Waals surface area contributed by atoms with Crippen molar-refractivity contribution in [2.75, 3.05) is 0 Å². The van der Waals surface area contributed by atoms with Crippen LogP contribution in [0.1, 0.15) is 27.6 Å². The summed E-state index contributed by atoms with van der Waals surface area (Å²) < 4.78 is 6.97. The maximum Gasteiger partial charge on any atom is 0.338 e. The van der Waals surface area contributed by atoms with E-state index in [4.69, 9.17) is 4.74 Å². The molecule has 2 aromatic carbocycles. The molecule has 2 rings (SSSR count). The molecule has 5 heteroatoms. The van der Waals surface area contributed by atoms with Crippen molar-refractivity contribution in [3.8, 4) is 0 Å². The Bertz CT molecular complexity index is 648. The first-order valence-electron chi connectivity index (χ1n) is 6.23. The predicted octanol–water partition coefficient (Wildman–Crippen LogP) is 4.64. The van der Waals surface area contributed by atoms with Crippen molar-refractivity contribution in [1.29, 1.82) is 0 Å². The van der Waals surface area contributed by atoms with Gasteiger partial charge in [-0.1, -0.05) is 44.0 Å². The van der Waals surface area contributed by atoms with Gasteiger partial charge in [0.25, 0.3) is 0 Å². The number of benzene rings is 2. The van der Waals surface area contributed by atoms with E-state index >= 15 is 0 Å². The fraction of sp³-hybridized carbons (Fsp3) is 0.125. The third kappa shape index (κ3) is 4.25. The van der Waals surface area contributed by atoms with E-state index in [-0.39, 0.29) is 5.78 Å². The van der Waals surface area contributed by atoms with Crippen LogP contribution in [0.3, 0.4) is 0 Å². The van der Waals surface area contributed by atoms with E-state index in [1.807, 2.05) is 0 Å². The maximum absolute atomic E-state index is 12.2. The molecular weight excluding hydrogens is 400 g/mol. The normalized spacial score (nSPS) is 11.8. The second-order valence-electron chi connectivity index (χ2n) is 4.43. The Hall–Kier alpha value is -1.46. The average molecular weight is 412 g/mol. The molecule has 0 spiro atoms. The molecule has 0 aliphatic rings. The molecule has 3 nitrogen and oxygen atoms in total. The quantitative estimate of drug-likeness (QED) is 0.543. The lowest BCUT2D eigenvalue weighted by atomic mass is 10.1. The highest BCUT2D eigenvalue weighted by molar-refractivity contribution is 9.10. The summed E-state index contributed by atoms with van der Waals surface area (Å²) in [7, 11) is 0. The lowest BCUT2D eigenvalue weighted by molar-refractivity contribution is 0.0319. The Kier molecular flexibility index (Phi) is 5.31. The summed E-state index contributed by atoms with van der Waals surface area (Å²) in [6.07, 6.45) is -0.831. The monoisotopic (exact) mass is 410 g/mol. The van der Waals surface area contributed by atoms with Crippen LogP contribution in [0.25, 0.3) is 0 Å². The summed E-state index contributed by atoms with van der Waals surface area (Å²) in [4.78, 5) is 24.1. The van der Waals surface area contributed by atoms with E-state index in [0.29, 0.717) is 11.1 Å². The molecule has 21 heavy (non-hydrogen) atoms. The number of halogens is 2. The largest absolute Gasteiger partial charge is 0.451 e. The van der Waals surface area contributed by atoms with Crippen LogP contribution < -0.4 is 0 Å². The van der Waals surface area contributed by atoms with E-state index < -0.39 is 12.1 Å². The van der Waals surface area contributed by atoms with Gasteiger partial charge >= 0.3 is 5.97 Å². The molecule has 0 saturated carbocycles. The van der Waals surface area contributed by atoms with Crippen LogP contribution in [-0.4, -0.2) is 17.9 Å². The van der Waals surface area contributed by atoms with E-state index in [1.165, 1.54) is 0 Å². The maximum atomic E-state index is 12.2. The van der Waals surface area contributed by atoms with Crippen molar-refractivity contribution in [2.45, 2.75) is 13.0 Å². The highest BCUT2D eigenvalue weighted by atomic mass is 79.9. The number of ketones is 1. The fourth-order valence-electron chi connectivity index (χ4n) is 1.72. The van der Waals surface area contributed by atoms with Gasteiger partial charge in [0.2, 0.25) is 5.78 Å². The van der Waals surface area contributed by atoms with Crippen LogP contribution in [0.2, 0.25) is 0 Å². The van der Waals surface area contributed by atoms with Crippen LogP contribution in [-0.2, 0) is 4.74 Å². The van der Waals surface area contributed by atoms with Crippen LogP contribution in [0, 0.1) is 0 Å². The van der Waals surface area contributed by atoms with Crippen molar-refractivity contribution >= 4 is 43.6 Å². The third-order valence-electron chi connectivity index (χ3n) is 2.86. The summed E-state index contributed by atoms with van der Waals surface area (Å²) in [5, 5.41) is 0. The summed E-state index contributed by atoms with van der Waals surface area (Å²) >= 11 is 6.60. The zero-order valence-corrected chi connectivity index (χ0v) is 14.3. The molecule has 0 amide bonds. The highest BCUT2D eigenvalue weighted by Crippen LogP contribution is 2.15. The van der Waals surface area contributed by atoms with Gasteiger partial charge in [-0.05, 0) is 43.3 Å². The Morgan fingerprint density at radius 3 is 1.76 bits per heavy atom. The summed E-state index contributed by atoms with van der Waals surface area (Å²) in [5.41, 5.74) is 0.919. The molecule has 0 unspecified atom stereocenters. The molecule has 0 radical (unpaired) electrons. The highest BCUT2D eigenvalue weighted by Gasteiger charge is 2.20. The predicted molar refractivity (Wildman–Crippen MR) is 87.5 cm³/mol. The number of Topliss-reactive ketones (excluding diaryl/α,β-unsaturated/α-hetero) is 1. The number of ether oxygens (including phenoxy) is 1. The van der Waals surface area contributed by atoms with Gasteiger partial charge in [-0.2, -0.15) is 0 Å². The molecular formula is C16H12Br2O3. The van der Waals surface area contributed by atoms with Crippen LogP contribution in [0.15, 0.2) is 57.5 Å². The van der Waals surface area contributed by atoms with Gasteiger partial charge < -0.3 is 4.74 Å². The van der Waals surface area contributed by atoms with Gasteiger partial charge in [0.05, 0.1) is 5.56 Å². The Morgan fingerprint density at radius 2 is 1.29 bits per heavy atom. The second-order valence-corrected chi connectivity index (χ2v) is 6.26. The zero-order chi connectivity index (χ0) is 15.4. The van der Waals surface area contributed by atoms with Gasteiger partial charge in [-0.25, -0.2) is 4.79 Å². The van der Waals surface area contributed by atoms with Crippen LogP contribution in [0.4, 0.5) is 0 Å².